The molecule has 0 heterocycles. The maximum Gasteiger partial charge on any atom is 0.129 e. The largest absolute Gasteiger partial charge is 0.457 e. The Bertz CT molecular complexity index is 543. The van der Waals surface area contributed by atoms with Crippen molar-refractivity contribution in [1.29, 1.82) is 5.26 Å². The molecule has 2 aromatic carbocycles. The third kappa shape index (κ3) is 2.74. The van der Waals surface area contributed by atoms with Crippen molar-refractivity contribution >= 4 is 5.69 Å². The Morgan fingerprint density at radius 1 is 1.06 bits per heavy atom. The summed E-state index contributed by atoms with van der Waals surface area (Å²) in [5.74, 6) is 6.67. The van der Waals surface area contributed by atoms with Gasteiger partial charge in [0.15, 0.2) is 0 Å². The van der Waals surface area contributed by atoms with Gasteiger partial charge in [-0.2, -0.15) is 5.26 Å². The predicted octanol–water partition coefficient (Wildman–Crippen LogP) is 2.64. The molecule has 0 unspecified atom stereocenters. The van der Waals surface area contributed by atoms with E-state index in [9.17, 15) is 0 Å². The van der Waals surface area contributed by atoms with Gasteiger partial charge in [0.2, 0.25) is 0 Å². The topological polar surface area (TPSA) is 71.1 Å². The molecule has 0 fully saturated rings. The van der Waals surface area contributed by atoms with Crippen molar-refractivity contribution in [2.24, 2.45) is 5.84 Å². The molecule has 0 aliphatic rings. The van der Waals surface area contributed by atoms with Crippen LogP contribution in [-0.4, -0.2) is 0 Å². The molecule has 3 N–H and O–H groups in total. The van der Waals surface area contributed by atoms with Crippen LogP contribution < -0.4 is 16.0 Å². The van der Waals surface area contributed by atoms with Crippen LogP contribution in [0.5, 0.6) is 11.5 Å². The van der Waals surface area contributed by atoms with Crippen molar-refractivity contribution in [2.45, 2.75) is 0 Å². The van der Waals surface area contributed by atoms with Crippen molar-refractivity contribution in [3.8, 4) is 17.6 Å². The molecule has 0 saturated heterocycles. The first-order valence-electron chi connectivity index (χ1n) is 5.06. The van der Waals surface area contributed by atoms with E-state index in [1.165, 1.54) is 0 Å². The van der Waals surface area contributed by atoms with Gasteiger partial charge in [-0.1, -0.05) is 6.07 Å². The monoisotopic (exact) mass is 225 g/mol. The lowest BCUT2D eigenvalue weighted by Gasteiger charge is -2.07. The predicted molar refractivity (Wildman–Crippen MR) is 65.5 cm³/mol. The quantitative estimate of drug-likeness (QED) is 0.622. The Balaban J connectivity index is 2.16. The summed E-state index contributed by atoms with van der Waals surface area (Å²) in [6, 6.07) is 16.3. The van der Waals surface area contributed by atoms with Crippen molar-refractivity contribution in [3.63, 3.8) is 0 Å². The standard InChI is InChI=1S/C13H11N3O/c14-9-10-4-6-12(7-5-10)17-13-3-1-2-11(8-13)16-15/h1-8,16H,15H2. The first-order valence-corrected chi connectivity index (χ1v) is 5.06. The van der Waals surface area contributed by atoms with Crippen molar-refractivity contribution in [3.05, 3.63) is 54.1 Å². The van der Waals surface area contributed by atoms with Crippen LogP contribution in [0.25, 0.3) is 0 Å². The smallest absolute Gasteiger partial charge is 0.129 e. The van der Waals surface area contributed by atoms with Crippen LogP contribution >= 0.6 is 0 Å². The van der Waals surface area contributed by atoms with E-state index < -0.39 is 0 Å². The summed E-state index contributed by atoms with van der Waals surface area (Å²) in [6.45, 7) is 0. The Morgan fingerprint density at radius 3 is 2.47 bits per heavy atom. The average Bonchev–Trinajstić information content (AvgIpc) is 2.40. The molecule has 0 atom stereocenters. The van der Waals surface area contributed by atoms with Gasteiger partial charge >= 0.3 is 0 Å². The van der Waals surface area contributed by atoms with Gasteiger partial charge in [0.1, 0.15) is 11.5 Å². The number of hydrazine groups is 1. The SMILES string of the molecule is N#Cc1ccc(Oc2cccc(NN)c2)cc1. The summed E-state index contributed by atoms with van der Waals surface area (Å²) in [6.07, 6.45) is 0. The lowest BCUT2D eigenvalue weighted by atomic mass is 10.2. The number of nitrogens with two attached hydrogens (primary N) is 1. The molecule has 0 aliphatic heterocycles. The van der Waals surface area contributed by atoms with Gasteiger partial charge in [0.25, 0.3) is 0 Å². The van der Waals surface area contributed by atoms with Crippen molar-refractivity contribution in [2.75, 3.05) is 5.43 Å². The van der Waals surface area contributed by atoms with Gasteiger partial charge in [0.05, 0.1) is 17.3 Å². The molecule has 4 heteroatoms. The number of nitrogen functional groups attached to an aromatic ring is 1. The van der Waals surface area contributed by atoms with E-state index in [0.29, 0.717) is 17.1 Å². The number of hydrogen-bond acceptors (Lipinski definition) is 4. The molecule has 0 radical (unpaired) electrons. The number of rotatable bonds is 3. The van der Waals surface area contributed by atoms with Gasteiger partial charge in [0, 0.05) is 6.07 Å². The highest BCUT2D eigenvalue weighted by molar-refractivity contribution is 5.48. The number of ether oxygens (including phenoxy) is 1. The average molecular weight is 225 g/mol. The summed E-state index contributed by atoms with van der Waals surface area (Å²) < 4.78 is 5.62. The van der Waals surface area contributed by atoms with E-state index >= 15 is 0 Å². The Hall–Kier alpha value is -2.51. The summed E-state index contributed by atoms with van der Waals surface area (Å²) in [7, 11) is 0. The molecule has 0 amide bonds. The van der Waals surface area contributed by atoms with Gasteiger partial charge in [-0.15, -0.1) is 0 Å². The first-order chi connectivity index (χ1) is 8.31. The van der Waals surface area contributed by atoms with E-state index in [2.05, 4.69) is 11.5 Å². The minimum Gasteiger partial charge on any atom is -0.457 e. The summed E-state index contributed by atoms with van der Waals surface area (Å²) in [5, 5.41) is 8.67. The minimum absolute atomic E-state index is 0.606. The molecule has 2 aromatic rings. The summed E-state index contributed by atoms with van der Waals surface area (Å²) in [4.78, 5) is 0. The van der Waals surface area contributed by atoms with Crippen LogP contribution in [0, 0.1) is 11.3 Å². The molecule has 0 aliphatic carbocycles. The number of nitrogens with zero attached hydrogens (tertiary/aromatic N) is 1. The lowest BCUT2D eigenvalue weighted by Crippen LogP contribution is -2.06. The Morgan fingerprint density at radius 2 is 1.82 bits per heavy atom. The van der Waals surface area contributed by atoms with Gasteiger partial charge in [-0.05, 0) is 36.4 Å². The van der Waals surface area contributed by atoms with E-state index in [-0.39, 0.29) is 0 Å². The zero-order valence-corrected chi connectivity index (χ0v) is 9.05. The molecule has 0 spiro atoms. The van der Waals surface area contributed by atoms with Crippen LogP contribution in [0.4, 0.5) is 5.69 Å². The second kappa shape index (κ2) is 5.01. The van der Waals surface area contributed by atoms with Gasteiger partial charge in [-0.25, -0.2) is 0 Å². The highest BCUT2D eigenvalue weighted by Crippen LogP contribution is 2.23. The molecule has 84 valence electrons. The lowest BCUT2D eigenvalue weighted by molar-refractivity contribution is 0.483. The first kappa shape index (κ1) is 11.0. The molecular weight excluding hydrogens is 214 g/mol. The number of nitriles is 1. The maximum absolute atomic E-state index is 8.67. The second-order valence-electron chi connectivity index (χ2n) is 3.41. The van der Waals surface area contributed by atoms with Gasteiger partial charge < -0.3 is 10.2 Å². The zero-order valence-electron chi connectivity index (χ0n) is 9.05. The van der Waals surface area contributed by atoms with Crippen LogP contribution in [0.1, 0.15) is 5.56 Å². The molecule has 17 heavy (non-hydrogen) atoms. The number of nitrogens with one attached hydrogen (secondary N) is 1. The third-order valence-corrected chi connectivity index (χ3v) is 2.22. The van der Waals surface area contributed by atoms with Gasteiger partial charge in [-0.3, -0.25) is 5.84 Å². The van der Waals surface area contributed by atoms with E-state index in [4.69, 9.17) is 15.8 Å². The summed E-state index contributed by atoms with van der Waals surface area (Å²) >= 11 is 0. The number of anilines is 1. The zero-order chi connectivity index (χ0) is 12.1. The van der Waals surface area contributed by atoms with Crippen molar-refractivity contribution < 1.29 is 4.74 Å². The fourth-order valence-corrected chi connectivity index (χ4v) is 1.38. The van der Waals surface area contributed by atoms with Crippen LogP contribution in [-0.2, 0) is 0 Å². The Labute approximate surface area is 99.2 Å². The molecule has 0 saturated carbocycles. The highest BCUT2D eigenvalue weighted by Gasteiger charge is 1.98. The van der Waals surface area contributed by atoms with E-state index in [1.54, 1.807) is 30.3 Å². The molecule has 0 bridgehead atoms. The fourth-order valence-electron chi connectivity index (χ4n) is 1.38. The molecule has 0 aromatic heterocycles. The van der Waals surface area contributed by atoms with E-state index in [0.717, 1.165) is 5.69 Å². The maximum atomic E-state index is 8.67. The normalized spacial score (nSPS) is 9.41. The minimum atomic E-state index is 0.606. The Kier molecular flexibility index (Phi) is 3.24. The third-order valence-electron chi connectivity index (χ3n) is 2.22. The molecule has 2 rings (SSSR count). The van der Waals surface area contributed by atoms with E-state index in [1.807, 2.05) is 18.2 Å². The summed E-state index contributed by atoms with van der Waals surface area (Å²) in [5.41, 5.74) is 3.93. The number of benzene rings is 2. The van der Waals surface area contributed by atoms with Crippen LogP contribution in [0.3, 0.4) is 0 Å². The molecule has 4 nitrogen and oxygen atoms in total. The van der Waals surface area contributed by atoms with Crippen LogP contribution in [0.2, 0.25) is 0 Å². The highest BCUT2D eigenvalue weighted by atomic mass is 16.5. The fraction of sp³-hybridized carbons (Fsp3) is 0. The van der Waals surface area contributed by atoms with Crippen molar-refractivity contribution in [1.82, 2.24) is 0 Å². The molecular formula is C13H11N3O. The number of hydrogen-bond donors (Lipinski definition) is 2. The van der Waals surface area contributed by atoms with Crippen LogP contribution in [0.15, 0.2) is 48.5 Å². The second-order valence-corrected chi connectivity index (χ2v) is 3.41.